The average Bonchev–Trinajstić information content (AvgIpc) is 2.27. The predicted octanol–water partition coefficient (Wildman–Crippen LogP) is 0.395. The highest BCUT2D eigenvalue weighted by Gasteiger charge is 2.32. The number of piperidine rings is 1. The SMILES string of the molecule is [B]C(=O)N1C[C@H](C(=O)N(C)OC)CC[C@H]1C. The van der Waals surface area contributed by atoms with Crippen molar-refractivity contribution in [3.8, 4) is 0 Å². The molecule has 0 unspecified atom stereocenters. The predicted molar refractivity (Wildman–Crippen MR) is 59.8 cm³/mol. The van der Waals surface area contributed by atoms with Crippen LogP contribution in [0.1, 0.15) is 19.8 Å². The van der Waals surface area contributed by atoms with E-state index < -0.39 is 5.81 Å². The Hall–Kier alpha value is -1.04. The number of amides is 2. The molecule has 88 valence electrons. The first-order valence-electron chi connectivity index (χ1n) is 5.35. The van der Waals surface area contributed by atoms with Gasteiger partial charge in [-0.3, -0.25) is 14.4 Å². The van der Waals surface area contributed by atoms with Crippen LogP contribution in [0.2, 0.25) is 0 Å². The Labute approximate surface area is 97.1 Å². The molecule has 6 heteroatoms. The molecule has 0 aliphatic carbocycles. The highest BCUT2D eigenvalue weighted by Crippen LogP contribution is 2.23. The monoisotopic (exact) mass is 224 g/mol. The molecule has 1 fully saturated rings. The fourth-order valence-corrected chi connectivity index (χ4v) is 1.96. The first kappa shape index (κ1) is 13.0. The molecule has 1 heterocycles. The second-order valence-corrected chi connectivity index (χ2v) is 4.13. The summed E-state index contributed by atoms with van der Waals surface area (Å²) < 4.78 is 0. The topological polar surface area (TPSA) is 49.9 Å². The maximum Gasteiger partial charge on any atom is 0.250 e. The molecule has 0 bridgehead atoms. The molecule has 0 aromatic heterocycles. The molecule has 16 heavy (non-hydrogen) atoms. The number of likely N-dealkylation sites (tertiary alicyclic amines) is 1. The molecule has 0 saturated carbocycles. The molecule has 0 aromatic carbocycles. The summed E-state index contributed by atoms with van der Waals surface area (Å²) in [6.07, 6.45) is 1.55. The van der Waals surface area contributed by atoms with Crippen LogP contribution >= 0.6 is 0 Å². The Kier molecular flexibility index (Phi) is 4.35. The third-order valence-corrected chi connectivity index (χ3v) is 3.10. The quantitative estimate of drug-likeness (QED) is 0.503. The van der Waals surface area contributed by atoms with Gasteiger partial charge in [-0.1, -0.05) is 0 Å². The van der Waals surface area contributed by atoms with Crippen molar-refractivity contribution in [2.45, 2.75) is 25.8 Å². The number of carbonyl (C=O) groups excluding carboxylic acids is 2. The lowest BCUT2D eigenvalue weighted by Crippen LogP contribution is -2.49. The maximum absolute atomic E-state index is 11.8. The van der Waals surface area contributed by atoms with Gasteiger partial charge >= 0.3 is 0 Å². The summed E-state index contributed by atoms with van der Waals surface area (Å²) in [5, 5.41) is 1.19. The Balaban J connectivity index is 2.65. The smallest absolute Gasteiger partial charge is 0.250 e. The lowest BCUT2D eigenvalue weighted by Gasteiger charge is -2.38. The highest BCUT2D eigenvalue weighted by molar-refractivity contribution is 6.57. The zero-order valence-electron chi connectivity index (χ0n) is 9.97. The standard InChI is InChI=1S/C10H17BN2O3/c1-7-4-5-8(6-13(7)10(11)15)9(14)12(2)16-3/h7-8H,4-6H2,1-3H3/t7-,8-/m1/s1. The summed E-state index contributed by atoms with van der Waals surface area (Å²) >= 11 is 0. The number of carbonyl (C=O) groups is 2. The van der Waals surface area contributed by atoms with Gasteiger partial charge in [0.2, 0.25) is 7.85 Å². The van der Waals surface area contributed by atoms with E-state index in [0.717, 1.165) is 12.8 Å². The van der Waals surface area contributed by atoms with E-state index in [1.165, 1.54) is 17.1 Å². The largest absolute Gasteiger partial charge is 0.349 e. The Morgan fingerprint density at radius 1 is 1.44 bits per heavy atom. The molecule has 5 nitrogen and oxygen atoms in total. The molecule has 0 spiro atoms. The van der Waals surface area contributed by atoms with Gasteiger partial charge in [0.25, 0.3) is 5.91 Å². The van der Waals surface area contributed by atoms with Crippen molar-refractivity contribution in [3.63, 3.8) is 0 Å². The molecule has 2 atom stereocenters. The van der Waals surface area contributed by atoms with Crippen molar-refractivity contribution < 1.29 is 14.4 Å². The number of hydroxylamine groups is 2. The van der Waals surface area contributed by atoms with E-state index in [-0.39, 0.29) is 17.9 Å². The summed E-state index contributed by atoms with van der Waals surface area (Å²) in [5.41, 5.74) is 0. The first-order valence-corrected chi connectivity index (χ1v) is 5.35. The molecule has 0 N–H and O–H groups in total. The van der Waals surface area contributed by atoms with Gasteiger partial charge in [-0.15, -0.1) is 0 Å². The summed E-state index contributed by atoms with van der Waals surface area (Å²) in [4.78, 5) is 29.4. The summed E-state index contributed by atoms with van der Waals surface area (Å²) in [5.74, 6) is -0.792. The zero-order valence-corrected chi connectivity index (χ0v) is 9.97. The van der Waals surface area contributed by atoms with Gasteiger partial charge in [0.1, 0.15) is 0 Å². The molecular weight excluding hydrogens is 207 g/mol. The highest BCUT2D eigenvalue weighted by atomic mass is 16.7. The van der Waals surface area contributed by atoms with Gasteiger partial charge in [-0.2, -0.15) is 0 Å². The molecule has 2 radical (unpaired) electrons. The number of hydrogen-bond donors (Lipinski definition) is 0. The fourth-order valence-electron chi connectivity index (χ4n) is 1.96. The van der Waals surface area contributed by atoms with Crippen LogP contribution in [0.5, 0.6) is 0 Å². The number of rotatable bonds is 2. The van der Waals surface area contributed by atoms with Crippen LogP contribution in [-0.4, -0.2) is 56.3 Å². The van der Waals surface area contributed by atoms with Crippen LogP contribution in [-0.2, 0) is 9.63 Å². The van der Waals surface area contributed by atoms with E-state index in [0.29, 0.717) is 6.54 Å². The minimum atomic E-state index is -0.468. The van der Waals surface area contributed by atoms with E-state index in [2.05, 4.69) is 0 Å². The van der Waals surface area contributed by atoms with Gasteiger partial charge in [-0.25, -0.2) is 5.06 Å². The van der Waals surface area contributed by atoms with Crippen LogP contribution in [0.3, 0.4) is 0 Å². The van der Waals surface area contributed by atoms with E-state index in [4.69, 9.17) is 12.7 Å². The molecular formula is C10H17BN2O3. The minimum Gasteiger partial charge on any atom is -0.349 e. The van der Waals surface area contributed by atoms with Gasteiger partial charge in [-0.05, 0) is 19.8 Å². The third kappa shape index (κ3) is 2.75. The van der Waals surface area contributed by atoms with Crippen molar-refractivity contribution >= 4 is 19.6 Å². The lowest BCUT2D eigenvalue weighted by atomic mass is 9.90. The summed E-state index contributed by atoms with van der Waals surface area (Å²) in [6.45, 7) is 2.31. The van der Waals surface area contributed by atoms with Crippen molar-refractivity contribution in [1.29, 1.82) is 0 Å². The van der Waals surface area contributed by atoms with E-state index in [1.54, 1.807) is 7.05 Å². The Morgan fingerprint density at radius 3 is 2.56 bits per heavy atom. The fraction of sp³-hybridized carbons (Fsp3) is 0.800. The van der Waals surface area contributed by atoms with E-state index >= 15 is 0 Å². The van der Waals surface area contributed by atoms with Crippen LogP contribution < -0.4 is 0 Å². The maximum atomic E-state index is 11.8. The van der Waals surface area contributed by atoms with Crippen LogP contribution in [0, 0.1) is 5.92 Å². The molecule has 1 aliphatic heterocycles. The average molecular weight is 224 g/mol. The molecule has 0 aromatic rings. The molecule has 1 rings (SSSR count). The van der Waals surface area contributed by atoms with E-state index in [9.17, 15) is 9.59 Å². The normalized spacial score (nSPS) is 25.3. The molecule has 1 aliphatic rings. The Bertz CT molecular complexity index is 285. The van der Waals surface area contributed by atoms with Crippen LogP contribution in [0.4, 0.5) is 4.79 Å². The number of nitrogens with zero attached hydrogens (tertiary/aromatic N) is 2. The van der Waals surface area contributed by atoms with Crippen molar-refractivity contribution in [1.82, 2.24) is 9.96 Å². The van der Waals surface area contributed by atoms with Crippen LogP contribution in [0.25, 0.3) is 0 Å². The van der Waals surface area contributed by atoms with E-state index in [1.807, 2.05) is 6.92 Å². The van der Waals surface area contributed by atoms with Crippen molar-refractivity contribution in [2.24, 2.45) is 5.92 Å². The van der Waals surface area contributed by atoms with Crippen LogP contribution in [0.15, 0.2) is 0 Å². The summed E-state index contributed by atoms with van der Waals surface area (Å²) in [7, 11) is 8.26. The van der Waals surface area contributed by atoms with Gasteiger partial charge in [0, 0.05) is 19.6 Å². The lowest BCUT2D eigenvalue weighted by molar-refractivity contribution is -0.175. The van der Waals surface area contributed by atoms with Crippen molar-refractivity contribution in [2.75, 3.05) is 20.7 Å². The molecule has 2 amide bonds. The van der Waals surface area contributed by atoms with Gasteiger partial charge in [0.15, 0.2) is 5.81 Å². The van der Waals surface area contributed by atoms with Crippen molar-refractivity contribution in [3.05, 3.63) is 0 Å². The second kappa shape index (κ2) is 5.34. The molecule has 1 saturated heterocycles. The summed E-state index contributed by atoms with van der Waals surface area (Å²) in [6, 6.07) is 0.106. The zero-order chi connectivity index (χ0) is 12.3. The minimum absolute atomic E-state index is 0.106. The van der Waals surface area contributed by atoms with Gasteiger partial charge < -0.3 is 4.90 Å². The number of hydrogen-bond acceptors (Lipinski definition) is 3. The first-order chi connectivity index (χ1) is 7.47. The third-order valence-electron chi connectivity index (χ3n) is 3.10. The van der Waals surface area contributed by atoms with Gasteiger partial charge in [0.05, 0.1) is 13.0 Å². The Morgan fingerprint density at radius 2 is 2.06 bits per heavy atom. The second-order valence-electron chi connectivity index (χ2n) is 4.13.